The molecule has 1 aromatic heterocycles. The Morgan fingerprint density at radius 2 is 2.21 bits per heavy atom. The highest BCUT2D eigenvalue weighted by Gasteiger charge is 2.18. The van der Waals surface area contributed by atoms with Crippen molar-refractivity contribution in [2.24, 2.45) is 0 Å². The number of rotatable bonds is 0. The fourth-order valence-electron chi connectivity index (χ4n) is 1.44. The molecular formula is C11H16N2O. The number of hydrogen-bond donors (Lipinski definition) is 1. The predicted octanol–water partition coefficient (Wildman–Crippen LogP) is 2.18. The summed E-state index contributed by atoms with van der Waals surface area (Å²) in [5, 5.41) is 3.29. The van der Waals surface area contributed by atoms with Crippen LogP contribution in [0.5, 0.6) is 5.88 Å². The van der Waals surface area contributed by atoms with Crippen molar-refractivity contribution in [2.45, 2.75) is 26.2 Å². The van der Waals surface area contributed by atoms with Crippen molar-refractivity contribution in [3.63, 3.8) is 0 Å². The molecule has 1 N–H and O–H groups in total. The van der Waals surface area contributed by atoms with E-state index in [0.717, 1.165) is 18.1 Å². The summed E-state index contributed by atoms with van der Waals surface area (Å²) in [4.78, 5) is 4.30. The maximum atomic E-state index is 5.42. The molecule has 0 saturated heterocycles. The molecule has 0 amide bonds. The molecular weight excluding hydrogens is 176 g/mol. The van der Waals surface area contributed by atoms with Gasteiger partial charge in [0, 0.05) is 12.7 Å². The number of aromatic nitrogens is 1. The second-order valence-electron chi connectivity index (χ2n) is 4.60. The lowest BCUT2D eigenvalue weighted by Crippen LogP contribution is -2.20. The van der Waals surface area contributed by atoms with Gasteiger partial charge in [0.1, 0.15) is 6.61 Å². The molecule has 0 spiro atoms. The summed E-state index contributed by atoms with van der Waals surface area (Å²) in [5.41, 5.74) is 2.39. The molecule has 1 aromatic rings. The summed E-state index contributed by atoms with van der Waals surface area (Å²) in [5.74, 6) is 0.726. The fourth-order valence-corrected chi connectivity index (χ4v) is 1.44. The zero-order chi connectivity index (χ0) is 10.2. The highest BCUT2D eigenvalue weighted by atomic mass is 16.5. The van der Waals surface area contributed by atoms with Gasteiger partial charge in [-0.05, 0) is 17.0 Å². The lowest BCUT2D eigenvalue weighted by molar-refractivity contribution is 0.310. The largest absolute Gasteiger partial charge is 0.474 e. The van der Waals surface area contributed by atoms with Crippen LogP contribution in [0.2, 0.25) is 0 Å². The van der Waals surface area contributed by atoms with Gasteiger partial charge in [0.25, 0.3) is 0 Å². The van der Waals surface area contributed by atoms with Gasteiger partial charge in [0.2, 0.25) is 5.88 Å². The Labute approximate surface area is 84.5 Å². The molecule has 1 aliphatic rings. The molecule has 0 radical (unpaired) electrons. The van der Waals surface area contributed by atoms with Crippen molar-refractivity contribution in [3.8, 4) is 5.88 Å². The Morgan fingerprint density at radius 3 is 2.93 bits per heavy atom. The first-order valence-corrected chi connectivity index (χ1v) is 4.94. The molecule has 0 aromatic carbocycles. The van der Waals surface area contributed by atoms with Crippen LogP contribution in [0.15, 0.2) is 12.3 Å². The number of hydrogen-bond acceptors (Lipinski definition) is 3. The van der Waals surface area contributed by atoms with Crippen molar-refractivity contribution >= 4 is 5.69 Å². The highest BCUT2D eigenvalue weighted by Crippen LogP contribution is 2.30. The topological polar surface area (TPSA) is 34.2 Å². The summed E-state index contributed by atoms with van der Waals surface area (Å²) >= 11 is 0. The van der Waals surface area contributed by atoms with E-state index in [0.29, 0.717) is 6.61 Å². The molecule has 0 fully saturated rings. The van der Waals surface area contributed by atoms with E-state index in [4.69, 9.17) is 4.74 Å². The number of anilines is 1. The molecule has 3 nitrogen and oxygen atoms in total. The smallest absolute Gasteiger partial charge is 0.237 e. The third kappa shape index (κ3) is 1.67. The Balaban J connectivity index is 2.39. The molecule has 2 rings (SSSR count). The van der Waals surface area contributed by atoms with Crippen LogP contribution < -0.4 is 10.1 Å². The molecule has 0 unspecified atom stereocenters. The van der Waals surface area contributed by atoms with E-state index in [1.807, 2.05) is 6.20 Å². The first kappa shape index (κ1) is 9.31. The van der Waals surface area contributed by atoms with Gasteiger partial charge in [-0.2, -0.15) is 0 Å². The molecule has 0 aliphatic carbocycles. The minimum Gasteiger partial charge on any atom is -0.474 e. The van der Waals surface area contributed by atoms with Crippen LogP contribution in [0.1, 0.15) is 26.3 Å². The lowest BCUT2D eigenvalue weighted by Gasteiger charge is -2.23. The van der Waals surface area contributed by atoms with E-state index in [9.17, 15) is 0 Å². The summed E-state index contributed by atoms with van der Waals surface area (Å²) < 4.78 is 5.42. The van der Waals surface area contributed by atoms with Gasteiger partial charge >= 0.3 is 0 Å². The van der Waals surface area contributed by atoms with Crippen LogP contribution in [-0.4, -0.2) is 18.1 Å². The maximum Gasteiger partial charge on any atom is 0.237 e. The van der Waals surface area contributed by atoms with E-state index in [-0.39, 0.29) is 5.41 Å². The van der Waals surface area contributed by atoms with Gasteiger partial charge in [0.05, 0.1) is 5.69 Å². The van der Waals surface area contributed by atoms with Gasteiger partial charge in [0.15, 0.2) is 0 Å². The van der Waals surface area contributed by atoms with Crippen LogP contribution in [0.3, 0.4) is 0 Å². The van der Waals surface area contributed by atoms with Crippen molar-refractivity contribution in [1.29, 1.82) is 0 Å². The number of ether oxygens (including phenoxy) is 1. The Bertz CT molecular complexity index is 342. The van der Waals surface area contributed by atoms with Crippen LogP contribution in [0.4, 0.5) is 5.69 Å². The van der Waals surface area contributed by atoms with Gasteiger partial charge in [-0.1, -0.05) is 20.8 Å². The van der Waals surface area contributed by atoms with Gasteiger partial charge in [-0.25, -0.2) is 4.98 Å². The molecule has 0 bridgehead atoms. The van der Waals surface area contributed by atoms with Crippen LogP contribution in [-0.2, 0) is 5.41 Å². The molecule has 14 heavy (non-hydrogen) atoms. The average molecular weight is 192 g/mol. The Morgan fingerprint density at radius 1 is 1.43 bits per heavy atom. The van der Waals surface area contributed by atoms with Gasteiger partial charge < -0.3 is 10.1 Å². The average Bonchev–Trinajstić information content (AvgIpc) is 2.16. The third-order valence-electron chi connectivity index (χ3n) is 2.37. The minimum absolute atomic E-state index is 0.140. The van der Waals surface area contributed by atoms with Crippen LogP contribution >= 0.6 is 0 Å². The van der Waals surface area contributed by atoms with Crippen molar-refractivity contribution < 1.29 is 4.74 Å². The lowest BCUT2D eigenvalue weighted by atomic mass is 9.88. The van der Waals surface area contributed by atoms with Crippen molar-refractivity contribution in [2.75, 3.05) is 18.5 Å². The van der Waals surface area contributed by atoms with Crippen LogP contribution in [0.25, 0.3) is 0 Å². The van der Waals surface area contributed by atoms with E-state index >= 15 is 0 Å². The Kier molecular flexibility index (Phi) is 2.10. The summed E-state index contributed by atoms with van der Waals surface area (Å²) in [6.07, 6.45) is 1.89. The monoisotopic (exact) mass is 192 g/mol. The molecule has 0 saturated carbocycles. The first-order valence-electron chi connectivity index (χ1n) is 4.94. The van der Waals surface area contributed by atoms with Crippen molar-refractivity contribution in [3.05, 3.63) is 17.8 Å². The number of nitrogens with one attached hydrogen (secondary N) is 1. The van der Waals surface area contributed by atoms with Crippen LogP contribution in [0, 0.1) is 0 Å². The van der Waals surface area contributed by atoms with Crippen molar-refractivity contribution in [1.82, 2.24) is 4.98 Å². The second kappa shape index (κ2) is 3.15. The quantitative estimate of drug-likeness (QED) is 0.684. The summed E-state index contributed by atoms with van der Waals surface area (Å²) in [6.45, 7) is 8.11. The standard InChI is InChI=1S/C11H16N2O/c1-11(2,3)8-6-9-10(13-7-8)14-5-4-12-9/h6-7,12H,4-5H2,1-3H3. The SMILES string of the molecule is CC(C)(C)c1cnc2c(c1)NCCO2. The third-order valence-corrected chi connectivity index (χ3v) is 2.37. The van der Waals surface area contributed by atoms with E-state index in [1.54, 1.807) is 0 Å². The fraction of sp³-hybridized carbons (Fsp3) is 0.545. The number of nitrogens with zero attached hydrogens (tertiary/aromatic N) is 1. The molecule has 0 atom stereocenters. The highest BCUT2D eigenvalue weighted by molar-refractivity contribution is 5.56. The minimum atomic E-state index is 0.140. The molecule has 76 valence electrons. The summed E-state index contributed by atoms with van der Waals surface area (Å²) in [6, 6.07) is 2.13. The normalized spacial score (nSPS) is 15.4. The molecule has 3 heteroatoms. The Hall–Kier alpha value is -1.25. The molecule has 2 heterocycles. The molecule has 1 aliphatic heterocycles. The zero-order valence-electron chi connectivity index (χ0n) is 8.92. The summed E-state index contributed by atoms with van der Waals surface area (Å²) in [7, 11) is 0. The van der Waals surface area contributed by atoms with E-state index < -0.39 is 0 Å². The number of pyridine rings is 1. The maximum absolute atomic E-state index is 5.42. The van der Waals surface area contributed by atoms with E-state index in [2.05, 4.69) is 37.1 Å². The van der Waals surface area contributed by atoms with Gasteiger partial charge in [-0.3, -0.25) is 0 Å². The first-order chi connectivity index (χ1) is 6.57. The zero-order valence-corrected chi connectivity index (χ0v) is 8.92. The van der Waals surface area contributed by atoms with E-state index in [1.165, 1.54) is 5.56 Å². The predicted molar refractivity (Wildman–Crippen MR) is 56.9 cm³/mol. The number of fused-ring (bicyclic) bond motifs is 1. The second-order valence-corrected chi connectivity index (χ2v) is 4.60. The van der Waals surface area contributed by atoms with Gasteiger partial charge in [-0.15, -0.1) is 0 Å².